The summed E-state index contributed by atoms with van der Waals surface area (Å²) in [6.07, 6.45) is 3.71. The van der Waals surface area contributed by atoms with Gasteiger partial charge < -0.3 is 24.4 Å². The summed E-state index contributed by atoms with van der Waals surface area (Å²) in [6, 6.07) is 16.7. The van der Waals surface area contributed by atoms with Crippen LogP contribution in [-0.4, -0.2) is 35.9 Å². The van der Waals surface area contributed by atoms with Crippen LogP contribution in [0.1, 0.15) is 27.2 Å². The van der Waals surface area contributed by atoms with E-state index >= 15 is 0 Å². The number of fused-ring (bicyclic) bond motifs is 1. The summed E-state index contributed by atoms with van der Waals surface area (Å²) in [5.74, 6) is 1.28. The molecule has 2 N–H and O–H groups in total. The van der Waals surface area contributed by atoms with Crippen LogP contribution in [0.3, 0.4) is 0 Å². The van der Waals surface area contributed by atoms with Crippen molar-refractivity contribution >= 4 is 22.7 Å². The van der Waals surface area contributed by atoms with E-state index in [1.54, 1.807) is 37.5 Å². The largest absolute Gasteiger partial charge is 0.497 e. The molecule has 7 nitrogen and oxygen atoms in total. The molecule has 164 valence electrons. The van der Waals surface area contributed by atoms with Gasteiger partial charge in [-0.25, -0.2) is 0 Å². The molecule has 0 bridgehead atoms. The molecule has 2 aromatic carbocycles. The fraction of sp³-hybridized carbons (Fsp3) is 0.200. The lowest BCUT2D eigenvalue weighted by Crippen LogP contribution is -2.31. The quantitative estimate of drug-likeness (QED) is 0.443. The number of nitrogens with zero attached hydrogens (tertiary/aromatic N) is 1. The average Bonchev–Trinajstić information content (AvgIpc) is 3.48. The molecule has 0 aliphatic heterocycles. The van der Waals surface area contributed by atoms with Gasteiger partial charge in [0.2, 0.25) is 5.91 Å². The van der Waals surface area contributed by atoms with E-state index in [4.69, 9.17) is 9.15 Å². The van der Waals surface area contributed by atoms with Crippen LogP contribution in [-0.2, 0) is 24.3 Å². The minimum absolute atomic E-state index is 0.0273. The lowest BCUT2D eigenvalue weighted by Gasteiger charge is -2.22. The molecule has 0 radical (unpaired) electrons. The maximum Gasteiger partial charge on any atom is 0.251 e. The Kier molecular flexibility index (Phi) is 6.26. The van der Waals surface area contributed by atoms with E-state index in [0.29, 0.717) is 24.4 Å². The molecule has 0 spiro atoms. The molecule has 0 unspecified atom stereocenters. The summed E-state index contributed by atoms with van der Waals surface area (Å²) in [7, 11) is 3.22. The number of carbonyl (C=O) groups excluding carboxylic acids is 2. The van der Waals surface area contributed by atoms with Crippen molar-refractivity contribution in [1.82, 2.24) is 15.2 Å². The SMILES string of the molecule is CNC(=O)c1ccc(CN(Cc2ccco2)C(=O)Cc2c[nH]c3ccc(OC)cc23)cc1. The van der Waals surface area contributed by atoms with Gasteiger partial charge in [0.05, 0.1) is 26.3 Å². The van der Waals surface area contributed by atoms with Crippen LogP contribution < -0.4 is 10.1 Å². The lowest BCUT2D eigenvalue weighted by atomic mass is 10.1. The van der Waals surface area contributed by atoms with Crippen LogP contribution in [0.2, 0.25) is 0 Å². The third-order valence-corrected chi connectivity index (χ3v) is 5.41. The Bertz CT molecular complexity index is 1210. The third-order valence-electron chi connectivity index (χ3n) is 5.41. The minimum Gasteiger partial charge on any atom is -0.497 e. The standard InChI is InChI=1S/C25H25N3O4/c1-26-25(30)18-7-5-17(6-8-18)15-28(16-21-4-3-11-32-21)24(29)12-19-14-27-23-10-9-20(31-2)13-22(19)23/h3-11,13-14,27H,12,15-16H2,1-2H3,(H,26,30). The monoisotopic (exact) mass is 431 g/mol. The third kappa shape index (κ3) is 4.67. The topological polar surface area (TPSA) is 87.6 Å². The maximum atomic E-state index is 13.3. The normalized spacial score (nSPS) is 10.8. The highest BCUT2D eigenvalue weighted by Crippen LogP contribution is 2.25. The molecule has 7 heteroatoms. The summed E-state index contributed by atoms with van der Waals surface area (Å²) in [5, 5.41) is 3.57. The first-order valence-corrected chi connectivity index (χ1v) is 10.3. The van der Waals surface area contributed by atoms with Crippen molar-refractivity contribution in [3.63, 3.8) is 0 Å². The first-order chi connectivity index (χ1) is 15.6. The highest BCUT2D eigenvalue weighted by Gasteiger charge is 2.19. The van der Waals surface area contributed by atoms with Crippen molar-refractivity contribution in [2.75, 3.05) is 14.2 Å². The van der Waals surface area contributed by atoms with Crippen molar-refractivity contribution in [1.29, 1.82) is 0 Å². The molecule has 0 fully saturated rings. The molecule has 0 saturated heterocycles. The van der Waals surface area contributed by atoms with Gasteiger partial charge in [-0.2, -0.15) is 0 Å². The maximum absolute atomic E-state index is 13.3. The van der Waals surface area contributed by atoms with Crippen LogP contribution in [0.15, 0.2) is 71.5 Å². The van der Waals surface area contributed by atoms with Crippen molar-refractivity contribution in [3.05, 3.63) is 89.5 Å². The van der Waals surface area contributed by atoms with Gasteiger partial charge >= 0.3 is 0 Å². The summed E-state index contributed by atoms with van der Waals surface area (Å²) in [6.45, 7) is 0.758. The van der Waals surface area contributed by atoms with Crippen LogP contribution in [0.25, 0.3) is 10.9 Å². The van der Waals surface area contributed by atoms with E-state index in [1.807, 2.05) is 48.7 Å². The number of aromatic nitrogens is 1. The predicted octanol–water partition coefficient (Wildman–Crippen LogP) is 3.90. The number of ether oxygens (including phenoxy) is 1. The first-order valence-electron chi connectivity index (χ1n) is 10.3. The molecular formula is C25H25N3O4. The van der Waals surface area contributed by atoms with Gasteiger partial charge in [-0.15, -0.1) is 0 Å². The molecule has 2 amide bonds. The van der Waals surface area contributed by atoms with Gasteiger partial charge in [0.1, 0.15) is 11.5 Å². The molecule has 32 heavy (non-hydrogen) atoms. The summed E-state index contributed by atoms with van der Waals surface area (Å²) < 4.78 is 10.8. The Hall–Kier alpha value is -4.00. The van der Waals surface area contributed by atoms with E-state index in [0.717, 1.165) is 27.8 Å². The van der Waals surface area contributed by atoms with Gasteiger partial charge in [-0.3, -0.25) is 9.59 Å². The smallest absolute Gasteiger partial charge is 0.251 e. The number of rotatable bonds is 8. The van der Waals surface area contributed by atoms with Gasteiger partial charge in [0.25, 0.3) is 5.91 Å². The Morgan fingerprint density at radius 2 is 1.91 bits per heavy atom. The molecular weight excluding hydrogens is 406 g/mol. The number of furan rings is 1. The van der Waals surface area contributed by atoms with Crippen molar-refractivity contribution in [2.45, 2.75) is 19.5 Å². The van der Waals surface area contributed by atoms with Gasteiger partial charge in [-0.05, 0) is 53.6 Å². The average molecular weight is 431 g/mol. The van der Waals surface area contributed by atoms with Crippen molar-refractivity contribution in [3.8, 4) is 5.75 Å². The zero-order valence-electron chi connectivity index (χ0n) is 18.1. The van der Waals surface area contributed by atoms with Crippen LogP contribution in [0, 0.1) is 0 Å². The highest BCUT2D eigenvalue weighted by atomic mass is 16.5. The number of amides is 2. The Balaban J connectivity index is 1.56. The van der Waals surface area contributed by atoms with Crippen molar-refractivity contribution < 1.29 is 18.7 Å². The van der Waals surface area contributed by atoms with Gasteiger partial charge in [0.15, 0.2) is 0 Å². The van der Waals surface area contributed by atoms with E-state index in [-0.39, 0.29) is 18.2 Å². The summed E-state index contributed by atoms with van der Waals surface area (Å²) in [4.78, 5) is 30.1. The first kappa shape index (κ1) is 21.2. The van der Waals surface area contributed by atoms with E-state index in [2.05, 4.69) is 10.3 Å². The molecule has 2 heterocycles. The molecule has 4 rings (SSSR count). The lowest BCUT2D eigenvalue weighted by molar-refractivity contribution is -0.132. The Morgan fingerprint density at radius 1 is 1.09 bits per heavy atom. The fourth-order valence-corrected chi connectivity index (χ4v) is 3.65. The summed E-state index contributed by atoms with van der Waals surface area (Å²) in [5.41, 5.74) is 3.37. The Morgan fingerprint density at radius 3 is 2.59 bits per heavy atom. The second-order valence-corrected chi connectivity index (χ2v) is 7.51. The second-order valence-electron chi connectivity index (χ2n) is 7.51. The van der Waals surface area contributed by atoms with Crippen molar-refractivity contribution in [2.24, 2.45) is 0 Å². The number of H-pyrrole nitrogens is 1. The number of aromatic amines is 1. The number of hydrogen-bond donors (Lipinski definition) is 2. The van der Waals surface area contributed by atoms with Crippen LogP contribution in [0.5, 0.6) is 5.75 Å². The molecule has 0 atom stereocenters. The van der Waals surface area contributed by atoms with Gasteiger partial charge in [0, 0.05) is 36.3 Å². The molecule has 0 saturated carbocycles. The zero-order chi connectivity index (χ0) is 22.5. The number of nitrogens with one attached hydrogen (secondary N) is 2. The van der Waals surface area contributed by atoms with E-state index in [1.165, 1.54) is 0 Å². The molecule has 0 aliphatic rings. The van der Waals surface area contributed by atoms with Crippen LogP contribution in [0.4, 0.5) is 0 Å². The van der Waals surface area contributed by atoms with Gasteiger partial charge in [-0.1, -0.05) is 12.1 Å². The number of hydrogen-bond acceptors (Lipinski definition) is 4. The minimum atomic E-state index is -0.144. The highest BCUT2D eigenvalue weighted by molar-refractivity contribution is 5.94. The van der Waals surface area contributed by atoms with E-state index < -0.39 is 0 Å². The molecule has 2 aromatic heterocycles. The fourth-order valence-electron chi connectivity index (χ4n) is 3.65. The second kappa shape index (κ2) is 9.43. The molecule has 4 aromatic rings. The number of carbonyl (C=O) groups is 2. The number of methoxy groups -OCH3 is 1. The molecule has 0 aliphatic carbocycles. The number of benzene rings is 2. The van der Waals surface area contributed by atoms with E-state index in [9.17, 15) is 9.59 Å². The zero-order valence-corrected chi connectivity index (χ0v) is 18.1. The summed E-state index contributed by atoms with van der Waals surface area (Å²) >= 11 is 0. The Labute approximate surface area is 186 Å². The predicted molar refractivity (Wildman–Crippen MR) is 121 cm³/mol. The van der Waals surface area contributed by atoms with Crippen LogP contribution >= 0.6 is 0 Å².